The molecule has 0 fully saturated rings. The normalized spacial score (nSPS) is 13.2. The second kappa shape index (κ2) is 7.80. The van der Waals surface area contributed by atoms with E-state index in [0.717, 1.165) is 12.8 Å². The number of carbonyl (C=O) groups excluding carboxylic acids is 1. The van der Waals surface area contributed by atoms with Gasteiger partial charge >= 0.3 is 0 Å². The summed E-state index contributed by atoms with van der Waals surface area (Å²) in [6.07, 6.45) is 6.18. The van der Waals surface area contributed by atoms with E-state index in [1.807, 2.05) is 26.0 Å². The lowest BCUT2D eigenvalue weighted by molar-refractivity contribution is -0.121. The summed E-state index contributed by atoms with van der Waals surface area (Å²) >= 11 is 0. The molecular weight excluding hydrogens is 164 g/mol. The Morgan fingerprint density at radius 2 is 2.31 bits per heavy atom. The van der Waals surface area contributed by atoms with Gasteiger partial charge in [-0.3, -0.25) is 4.79 Å². The van der Waals surface area contributed by atoms with E-state index in [1.54, 1.807) is 0 Å². The zero-order chi connectivity index (χ0) is 10.1. The van der Waals surface area contributed by atoms with Gasteiger partial charge in [-0.05, 0) is 19.8 Å². The lowest BCUT2D eigenvalue weighted by Gasteiger charge is -2.08. The van der Waals surface area contributed by atoms with Gasteiger partial charge in [-0.15, -0.1) is 0 Å². The predicted octanol–water partition coefficient (Wildman–Crippen LogP) is 1.20. The Kier molecular flexibility index (Phi) is 7.30. The highest BCUT2D eigenvalue weighted by atomic mass is 16.1. The SMILES string of the molecule is C/C=C/CCNC(=O)CC(N)CC. The van der Waals surface area contributed by atoms with Crippen LogP contribution in [0, 0.1) is 0 Å². The molecule has 0 aromatic carbocycles. The second-order valence-electron chi connectivity index (χ2n) is 3.08. The molecule has 0 saturated carbocycles. The van der Waals surface area contributed by atoms with E-state index in [4.69, 9.17) is 5.73 Å². The number of allylic oxidation sites excluding steroid dienone is 1. The fraction of sp³-hybridized carbons (Fsp3) is 0.700. The summed E-state index contributed by atoms with van der Waals surface area (Å²) in [5.41, 5.74) is 5.63. The minimum absolute atomic E-state index is 0.00159. The number of hydrogen-bond acceptors (Lipinski definition) is 2. The Hall–Kier alpha value is -0.830. The van der Waals surface area contributed by atoms with Gasteiger partial charge < -0.3 is 11.1 Å². The zero-order valence-electron chi connectivity index (χ0n) is 8.55. The van der Waals surface area contributed by atoms with Crippen molar-refractivity contribution in [3.8, 4) is 0 Å². The molecule has 3 nitrogen and oxygen atoms in total. The molecule has 0 aliphatic heterocycles. The topological polar surface area (TPSA) is 55.1 Å². The minimum Gasteiger partial charge on any atom is -0.356 e. The molecule has 3 N–H and O–H groups in total. The molecule has 0 saturated heterocycles. The predicted molar refractivity (Wildman–Crippen MR) is 55.3 cm³/mol. The summed E-state index contributed by atoms with van der Waals surface area (Å²) in [5.74, 6) is 0.0545. The number of carbonyl (C=O) groups is 1. The third-order valence-corrected chi connectivity index (χ3v) is 1.84. The molecule has 0 aliphatic rings. The highest BCUT2D eigenvalue weighted by Crippen LogP contribution is 1.92. The van der Waals surface area contributed by atoms with Gasteiger partial charge in [-0.25, -0.2) is 0 Å². The molecule has 0 rings (SSSR count). The van der Waals surface area contributed by atoms with Crippen LogP contribution >= 0.6 is 0 Å². The number of hydrogen-bond donors (Lipinski definition) is 2. The zero-order valence-corrected chi connectivity index (χ0v) is 8.55. The van der Waals surface area contributed by atoms with Gasteiger partial charge in [-0.1, -0.05) is 19.1 Å². The maximum Gasteiger partial charge on any atom is 0.221 e. The molecule has 0 aliphatic carbocycles. The van der Waals surface area contributed by atoms with Crippen molar-refractivity contribution in [3.63, 3.8) is 0 Å². The Balaban J connectivity index is 3.40. The van der Waals surface area contributed by atoms with Crippen molar-refractivity contribution in [3.05, 3.63) is 12.2 Å². The molecule has 1 unspecified atom stereocenters. The largest absolute Gasteiger partial charge is 0.356 e. The quantitative estimate of drug-likeness (QED) is 0.481. The summed E-state index contributed by atoms with van der Waals surface area (Å²) in [6.45, 7) is 4.66. The van der Waals surface area contributed by atoms with Gasteiger partial charge in [0.25, 0.3) is 0 Å². The molecule has 13 heavy (non-hydrogen) atoms. The Morgan fingerprint density at radius 1 is 1.62 bits per heavy atom. The average molecular weight is 184 g/mol. The first-order valence-electron chi connectivity index (χ1n) is 4.84. The smallest absolute Gasteiger partial charge is 0.221 e. The van der Waals surface area contributed by atoms with E-state index >= 15 is 0 Å². The van der Waals surface area contributed by atoms with Crippen molar-refractivity contribution < 1.29 is 4.79 Å². The molecule has 76 valence electrons. The lowest BCUT2D eigenvalue weighted by atomic mass is 10.1. The fourth-order valence-electron chi connectivity index (χ4n) is 0.916. The first-order chi connectivity index (χ1) is 6.20. The standard InChI is InChI=1S/C10H20N2O/c1-3-5-6-7-12-10(13)8-9(11)4-2/h3,5,9H,4,6-8,11H2,1-2H3,(H,12,13)/b5-3+. The van der Waals surface area contributed by atoms with Gasteiger partial charge in [0.2, 0.25) is 5.91 Å². The molecule has 1 atom stereocenters. The Bertz CT molecular complexity index is 166. The molecular formula is C10H20N2O. The van der Waals surface area contributed by atoms with Gasteiger partial charge in [0.1, 0.15) is 0 Å². The molecule has 0 aromatic rings. The molecule has 0 heterocycles. The summed E-state index contributed by atoms with van der Waals surface area (Å²) in [6, 6.07) is 0.00159. The van der Waals surface area contributed by atoms with Crippen LogP contribution in [0.5, 0.6) is 0 Å². The molecule has 3 heteroatoms. The highest BCUT2D eigenvalue weighted by molar-refractivity contribution is 5.76. The third kappa shape index (κ3) is 7.53. The van der Waals surface area contributed by atoms with E-state index in [0.29, 0.717) is 13.0 Å². The van der Waals surface area contributed by atoms with Crippen molar-refractivity contribution >= 4 is 5.91 Å². The van der Waals surface area contributed by atoms with Crippen molar-refractivity contribution in [2.24, 2.45) is 5.73 Å². The van der Waals surface area contributed by atoms with E-state index < -0.39 is 0 Å². The summed E-state index contributed by atoms with van der Waals surface area (Å²) in [7, 11) is 0. The van der Waals surface area contributed by atoms with Crippen LogP contribution in [0.1, 0.15) is 33.1 Å². The number of nitrogens with two attached hydrogens (primary N) is 1. The van der Waals surface area contributed by atoms with Crippen molar-refractivity contribution in [1.82, 2.24) is 5.32 Å². The monoisotopic (exact) mass is 184 g/mol. The van der Waals surface area contributed by atoms with Crippen molar-refractivity contribution in [2.45, 2.75) is 39.2 Å². The second-order valence-corrected chi connectivity index (χ2v) is 3.08. The fourth-order valence-corrected chi connectivity index (χ4v) is 0.916. The molecule has 0 bridgehead atoms. The first kappa shape index (κ1) is 12.2. The van der Waals surface area contributed by atoms with Crippen LogP contribution in [-0.2, 0) is 4.79 Å². The first-order valence-corrected chi connectivity index (χ1v) is 4.84. The summed E-state index contributed by atoms with van der Waals surface area (Å²) in [5, 5.41) is 2.81. The number of rotatable bonds is 6. The van der Waals surface area contributed by atoms with Crippen LogP contribution in [-0.4, -0.2) is 18.5 Å². The maximum atomic E-state index is 11.2. The van der Waals surface area contributed by atoms with Crippen LogP contribution in [0.4, 0.5) is 0 Å². The third-order valence-electron chi connectivity index (χ3n) is 1.84. The molecule has 0 aromatic heterocycles. The van der Waals surface area contributed by atoms with E-state index in [2.05, 4.69) is 5.32 Å². The van der Waals surface area contributed by atoms with Gasteiger partial charge in [0.15, 0.2) is 0 Å². The van der Waals surface area contributed by atoms with Crippen LogP contribution in [0.3, 0.4) is 0 Å². The van der Waals surface area contributed by atoms with E-state index in [9.17, 15) is 4.79 Å². The molecule has 0 radical (unpaired) electrons. The van der Waals surface area contributed by atoms with Crippen molar-refractivity contribution in [1.29, 1.82) is 0 Å². The van der Waals surface area contributed by atoms with Gasteiger partial charge in [0, 0.05) is 19.0 Å². The maximum absolute atomic E-state index is 11.2. The average Bonchev–Trinajstić information content (AvgIpc) is 2.12. The number of nitrogens with one attached hydrogen (secondary N) is 1. The summed E-state index contributed by atoms with van der Waals surface area (Å²) < 4.78 is 0. The highest BCUT2D eigenvalue weighted by Gasteiger charge is 2.05. The van der Waals surface area contributed by atoms with Crippen LogP contribution in [0.2, 0.25) is 0 Å². The number of amides is 1. The van der Waals surface area contributed by atoms with E-state index in [1.165, 1.54) is 0 Å². The van der Waals surface area contributed by atoms with Crippen molar-refractivity contribution in [2.75, 3.05) is 6.54 Å². The van der Waals surface area contributed by atoms with Crippen LogP contribution in [0.15, 0.2) is 12.2 Å². The van der Waals surface area contributed by atoms with E-state index in [-0.39, 0.29) is 11.9 Å². The molecule has 1 amide bonds. The summed E-state index contributed by atoms with van der Waals surface area (Å²) in [4.78, 5) is 11.2. The van der Waals surface area contributed by atoms with Gasteiger partial charge in [0.05, 0.1) is 0 Å². The lowest BCUT2D eigenvalue weighted by Crippen LogP contribution is -2.31. The molecule has 0 spiro atoms. The van der Waals surface area contributed by atoms with Crippen LogP contribution < -0.4 is 11.1 Å². The minimum atomic E-state index is 0.00159. The Morgan fingerprint density at radius 3 is 2.85 bits per heavy atom. The Labute approximate surface area is 80.4 Å². The van der Waals surface area contributed by atoms with Gasteiger partial charge in [-0.2, -0.15) is 0 Å². The van der Waals surface area contributed by atoms with Crippen LogP contribution in [0.25, 0.3) is 0 Å².